The molecule has 0 aromatic carbocycles. The summed E-state index contributed by atoms with van der Waals surface area (Å²) in [5.74, 6) is -0.238. The number of Topliss-reactive ketones (excluding diaryl/α,β-unsaturated/α-hetero) is 1. The first-order valence-corrected chi connectivity index (χ1v) is 3.86. The second-order valence-electron chi connectivity index (χ2n) is 2.57. The monoisotopic (exact) mass is 205 g/mol. The Morgan fingerprint density at radius 3 is 2.14 bits per heavy atom. The van der Waals surface area contributed by atoms with Crippen LogP contribution in [0.25, 0.3) is 0 Å². The lowest BCUT2D eigenvalue weighted by atomic mass is 10.1. The molecular weight excluding hydrogens is 182 g/mol. The van der Waals surface area contributed by atoms with Crippen LogP contribution in [0.15, 0.2) is 0 Å². The minimum atomic E-state index is -0.281. The summed E-state index contributed by atoms with van der Waals surface area (Å²) in [5, 5.41) is 2.82. The van der Waals surface area contributed by atoms with Crippen molar-refractivity contribution in [2.45, 2.75) is 40.7 Å². The van der Waals surface area contributed by atoms with Crippen LogP contribution in [0, 0.1) is 0 Å². The summed E-state index contributed by atoms with van der Waals surface area (Å²) in [6.07, 6.45) is 0.778. The third-order valence-electron chi connectivity index (χ3n) is 1.70. The molecule has 0 radical (unpaired) electrons. The van der Waals surface area contributed by atoms with Gasteiger partial charge in [0, 0.05) is 6.42 Å². The highest BCUT2D eigenvalue weighted by molar-refractivity contribution is 5.82. The maximum Gasteiger partial charge on any atom is 0.305 e. The number of carbonyl (C=O) groups excluding carboxylic acids is 2. The molecule has 0 fully saturated rings. The molecule has 0 aliphatic carbocycles. The Morgan fingerprint density at radius 1 is 1.36 bits per heavy atom. The van der Waals surface area contributed by atoms with Crippen LogP contribution in [0.1, 0.15) is 34.6 Å². The molecule has 4 heteroatoms. The van der Waals surface area contributed by atoms with Crippen molar-refractivity contribution in [2.24, 2.45) is 0 Å². The molecule has 0 saturated carbocycles. The Hall–Kier alpha value is -0.900. The lowest BCUT2D eigenvalue weighted by molar-refractivity contribution is -0.140. The van der Waals surface area contributed by atoms with E-state index >= 15 is 0 Å². The molecule has 0 bridgehead atoms. The number of ether oxygens (including phenoxy) is 1. The lowest BCUT2D eigenvalue weighted by Crippen LogP contribution is -2.32. The van der Waals surface area contributed by atoms with Gasteiger partial charge in [0.1, 0.15) is 5.78 Å². The first-order valence-electron chi connectivity index (χ1n) is 3.86. The Bertz CT molecular complexity index is 169. The third kappa shape index (κ3) is 7.73. The summed E-state index contributed by atoms with van der Waals surface area (Å²) in [7, 11) is 3.04. The standard InChI is InChI=1S/C8H15NO3.2CH4/c1-6(10)7(9-2)4-5-8(11)12-3;;/h7,9H,4-5H2,1-3H3;2*1H4. The molecule has 86 valence electrons. The van der Waals surface area contributed by atoms with E-state index in [0.29, 0.717) is 6.42 Å². The van der Waals surface area contributed by atoms with Crippen molar-refractivity contribution in [3.05, 3.63) is 0 Å². The van der Waals surface area contributed by atoms with Gasteiger partial charge < -0.3 is 10.1 Å². The summed E-state index contributed by atoms with van der Waals surface area (Å²) in [6, 6.07) is -0.232. The SMILES string of the molecule is C.C.CNC(CCC(=O)OC)C(C)=O. The predicted molar refractivity (Wildman–Crippen MR) is 58.2 cm³/mol. The number of rotatable bonds is 5. The van der Waals surface area contributed by atoms with Crippen molar-refractivity contribution in [1.82, 2.24) is 5.32 Å². The third-order valence-corrected chi connectivity index (χ3v) is 1.70. The number of ketones is 1. The van der Waals surface area contributed by atoms with Gasteiger partial charge in [0.05, 0.1) is 13.2 Å². The maximum absolute atomic E-state index is 10.9. The van der Waals surface area contributed by atoms with Crippen LogP contribution in [0.3, 0.4) is 0 Å². The van der Waals surface area contributed by atoms with Crippen LogP contribution in [0.5, 0.6) is 0 Å². The van der Waals surface area contributed by atoms with Gasteiger partial charge in [0.2, 0.25) is 0 Å². The molecule has 0 aliphatic rings. The van der Waals surface area contributed by atoms with E-state index in [1.54, 1.807) is 7.05 Å². The average molecular weight is 205 g/mol. The Labute approximate surface area is 87.0 Å². The van der Waals surface area contributed by atoms with E-state index in [1.165, 1.54) is 14.0 Å². The quantitative estimate of drug-likeness (QED) is 0.689. The van der Waals surface area contributed by atoms with Crippen molar-refractivity contribution in [2.75, 3.05) is 14.2 Å². The van der Waals surface area contributed by atoms with E-state index in [2.05, 4.69) is 10.1 Å². The first-order chi connectivity index (χ1) is 5.61. The minimum absolute atomic E-state index is 0. The second kappa shape index (κ2) is 10.2. The zero-order valence-electron chi connectivity index (χ0n) is 7.72. The van der Waals surface area contributed by atoms with Gasteiger partial charge in [-0.1, -0.05) is 14.9 Å². The molecular formula is C10H23NO3. The van der Waals surface area contributed by atoms with Crippen LogP contribution in [0.2, 0.25) is 0 Å². The van der Waals surface area contributed by atoms with Crippen LogP contribution in [-0.4, -0.2) is 32.0 Å². The molecule has 14 heavy (non-hydrogen) atoms. The van der Waals surface area contributed by atoms with E-state index in [0.717, 1.165) is 0 Å². The first kappa shape index (κ1) is 18.8. The van der Waals surface area contributed by atoms with Gasteiger partial charge in [0.15, 0.2) is 0 Å². The van der Waals surface area contributed by atoms with Crippen molar-refractivity contribution in [1.29, 1.82) is 0 Å². The van der Waals surface area contributed by atoms with E-state index in [4.69, 9.17) is 0 Å². The van der Waals surface area contributed by atoms with Crippen LogP contribution >= 0.6 is 0 Å². The number of methoxy groups -OCH3 is 1. The highest BCUT2D eigenvalue weighted by Gasteiger charge is 2.13. The molecule has 0 spiro atoms. The van der Waals surface area contributed by atoms with Gasteiger partial charge in [0.25, 0.3) is 0 Å². The molecule has 4 nitrogen and oxygen atoms in total. The second-order valence-corrected chi connectivity index (χ2v) is 2.57. The molecule has 0 heterocycles. The minimum Gasteiger partial charge on any atom is -0.469 e. The summed E-state index contributed by atoms with van der Waals surface area (Å²) >= 11 is 0. The van der Waals surface area contributed by atoms with Gasteiger partial charge in [-0.25, -0.2) is 0 Å². The van der Waals surface area contributed by atoms with E-state index in [-0.39, 0.29) is 39.1 Å². The molecule has 1 N–H and O–H groups in total. The van der Waals surface area contributed by atoms with Crippen LogP contribution in [-0.2, 0) is 14.3 Å². The maximum atomic E-state index is 10.9. The lowest BCUT2D eigenvalue weighted by Gasteiger charge is -2.10. The molecule has 0 rings (SSSR count). The number of hydrogen-bond donors (Lipinski definition) is 1. The molecule has 0 aromatic rings. The topological polar surface area (TPSA) is 55.4 Å². The van der Waals surface area contributed by atoms with Crippen molar-refractivity contribution in [3.8, 4) is 0 Å². The zero-order chi connectivity index (χ0) is 9.56. The van der Waals surface area contributed by atoms with Gasteiger partial charge in [-0.15, -0.1) is 0 Å². The van der Waals surface area contributed by atoms with Crippen molar-refractivity contribution >= 4 is 11.8 Å². The predicted octanol–water partition coefficient (Wildman–Crippen LogP) is 1.39. The molecule has 1 atom stereocenters. The molecule has 0 amide bonds. The number of esters is 1. The van der Waals surface area contributed by atoms with Crippen molar-refractivity contribution < 1.29 is 14.3 Å². The van der Waals surface area contributed by atoms with Crippen molar-refractivity contribution in [3.63, 3.8) is 0 Å². The summed E-state index contributed by atoms with van der Waals surface area (Å²) in [6.45, 7) is 1.50. The highest BCUT2D eigenvalue weighted by Crippen LogP contribution is 1.99. The van der Waals surface area contributed by atoms with Crippen LogP contribution < -0.4 is 5.32 Å². The molecule has 0 aliphatic heterocycles. The normalized spacial score (nSPS) is 10.5. The number of likely N-dealkylation sites (N-methyl/N-ethyl adjacent to an activating group) is 1. The van der Waals surface area contributed by atoms with Gasteiger partial charge >= 0.3 is 5.97 Å². The summed E-state index contributed by atoms with van der Waals surface area (Å²) in [4.78, 5) is 21.6. The fourth-order valence-electron chi connectivity index (χ4n) is 0.915. The van der Waals surface area contributed by atoms with E-state index < -0.39 is 0 Å². The fraction of sp³-hybridized carbons (Fsp3) is 0.800. The van der Waals surface area contributed by atoms with Gasteiger partial charge in [-0.3, -0.25) is 9.59 Å². The number of hydrogen-bond acceptors (Lipinski definition) is 4. The van der Waals surface area contributed by atoms with E-state index in [9.17, 15) is 9.59 Å². The average Bonchev–Trinajstić information content (AvgIpc) is 2.04. The highest BCUT2D eigenvalue weighted by atomic mass is 16.5. The van der Waals surface area contributed by atoms with E-state index in [1.807, 2.05) is 0 Å². The fourth-order valence-corrected chi connectivity index (χ4v) is 0.915. The van der Waals surface area contributed by atoms with Crippen LogP contribution in [0.4, 0.5) is 0 Å². The molecule has 1 unspecified atom stereocenters. The zero-order valence-corrected chi connectivity index (χ0v) is 7.72. The number of carbonyl (C=O) groups is 2. The number of nitrogens with one attached hydrogen (secondary N) is 1. The summed E-state index contributed by atoms with van der Waals surface area (Å²) in [5.41, 5.74) is 0. The summed E-state index contributed by atoms with van der Waals surface area (Å²) < 4.78 is 4.45. The van der Waals surface area contributed by atoms with Gasteiger partial charge in [-0.05, 0) is 20.4 Å². The Balaban J connectivity index is -0.000000605. The Kier molecular flexibility index (Phi) is 13.7. The largest absolute Gasteiger partial charge is 0.469 e. The molecule has 0 saturated heterocycles. The molecule has 0 aromatic heterocycles. The smallest absolute Gasteiger partial charge is 0.305 e. The van der Waals surface area contributed by atoms with Gasteiger partial charge in [-0.2, -0.15) is 0 Å². The Morgan fingerprint density at radius 2 is 1.86 bits per heavy atom.